The van der Waals surface area contributed by atoms with Crippen LogP contribution in [-0.4, -0.2) is 13.5 Å². The molecule has 112 valence electrons. The van der Waals surface area contributed by atoms with Gasteiger partial charge < -0.3 is 5.11 Å². The van der Waals surface area contributed by atoms with Gasteiger partial charge in [-0.3, -0.25) is 4.72 Å². The highest BCUT2D eigenvalue weighted by Crippen LogP contribution is 2.25. The minimum atomic E-state index is -3.85. The molecule has 0 aliphatic carbocycles. The number of benzene rings is 2. The van der Waals surface area contributed by atoms with Gasteiger partial charge in [-0.2, -0.15) is 0 Å². The summed E-state index contributed by atoms with van der Waals surface area (Å²) in [6.07, 6.45) is 0. The lowest BCUT2D eigenvalue weighted by molar-refractivity contribution is 0.281. The first kappa shape index (κ1) is 16.5. The van der Waals surface area contributed by atoms with Gasteiger partial charge >= 0.3 is 0 Å². The SMILES string of the molecule is O=S(=O)(Nc1ccc(F)cc1I)c1ccc(Cl)c(CO)c1. The minimum absolute atomic E-state index is 0.0314. The zero-order valence-corrected chi connectivity index (χ0v) is 14.2. The van der Waals surface area contributed by atoms with Crippen LogP contribution >= 0.6 is 34.2 Å². The third kappa shape index (κ3) is 3.85. The minimum Gasteiger partial charge on any atom is -0.392 e. The molecule has 2 aromatic rings. The van der Waals surface area contributed by atoms with Crippen molar-refractivity contribution in [1.82, 2.24) is 0 Å². The van der Waals surface area contributed by atoms with Crippen molar-refractivity contribution in [2.45, 2.75) is 11.5 Å². The fourth-order valence-corrected chi connectivity index (χ4v) is 3.72. The first-order chi connectivity index (χ1) is 9.83. The molecule has 0 amide bonds. The van der Waals surface area contributed by atoms with Crippen LogP contribution in [0.5, 0.6) is 0 Å². The maximum Gasteiger partial charge on any atom is 0.261 e. The second kappa shape index (κ2) is 6.47. The summed E-state index contributed by atoms with van der Waals surface area (Å²) in [7, 11) is -3.85. The summed E-state index contributed by atoms with van der Waals surface area (Å²) in [6.45, 7) is -0.365. The van der Waals surface area contributed by atoms with Crippen molar-refractivity contribution in [3.63, 3.8) is 0 Å². The number of aliphatic hydroxyl groups is 1. The van der Waals surface area contributed by atoms with Crippen molar-refractivity contribution < 1.29 is 17.9 Å². The van der Waals surface area contributed by atoms with E-state index in [1.54, 1.807) is 0 Å². The molecule has 0 aliphatic rings. The molecule has 0 aromatic heterocycles. The quantitative estimate of drug-likeness (QED) is 0.715. The van der Waals surface area contributed by atoms with Gasteiger partial charge in [-0.15, -0.1) is 0 Å². The molecule has 2 N–H and O–H groups in total. The van der Waals surface area contributed by atoms with Gasteiger partial charge in [0.15, 0.2) is 0 Å². The average Bonchev–Trinajstić information content (AvgIpc) is 2.42. The predicted octanol–water partition coefficient (Wildman–Crippen LogP) is 3.38. The number of nitrogens with one attached hydrogen (secondary N) is 1. The van der Waals surface area contributed by atoms with Gasteiger partial charge in [0.2, 0.25) is 0 Å². The lowest BCUT2D eigenvalue weighted by Crippen LogP contribution is -2.14. The number of anilines is 1. The van der Waals surface area contributed by atoms with E-state index in [1.807, 2.05) is 22.6 Å². The van der Waals surface area contributed by atoms with Crippen molar-refractivity contribution in [2.75, 3.05) is 4.72 Å². The van der Waals surface area contributed by atoms with Gasteiger partial charge in [-0.1, -0.05) is 11.6 Å². The number of aliphatic hydroxyl groups excluding tert-OH is 1. The Morgan fingerprint density at radius 1 is 1.24 bits per heavy atom. The predicted molar refractivity (Wildman–Crippen MR) is 87.3 cm³/mol. The van der Waals surface area contributed by atoms with E-state index in [4.69, 9.17) is 16.7 Å². The van der Waals surface area contributed by atoms with Crippen LogP contribution in [0.3, 0.4) is 0 Å². The van der Waals surface area contributed by atoms with Gasteiger partial charge in [-0.25, -0.2) is 12.8 Å². The zero-order valence-electron chi connectivity index (χ0n) is 10.5. The molecule has 0 fully saturated rings. The average molecular weight is 442 g/mol. The number of hydrogen-bond acceptors (Lipinski definition) is 3. The van der Waals surface area contributed by atoms with Crippen molar-refractivity contribution in [2.24, 2.45) is 0 Å². The van der Waals surface area contributed by atoms with Gasteiger partial charge in [0.25, 0.3) is 10.0 Å². The Balaban J connectivity index is 2.38. The summed E-state index contributed by atoms with van der Waals surface area (Å²) in [4.78, 5) is -0.0314. The first-order valence-corrected chi connectivity index (χ1v) is 8.64. The molecule has 2 rings (SSSR count). The summed E-state index contributed by atoms with van der Waals surface area (Å²) in [5, 5.41) is 9.42. The topological polar surface area (TPSA) is 66.4 Å². The lowest BCUT2D eigenvalue weighted by Gasteiger charge is -2.11. The fraction of sp³-hybridized carbons (Fsp3) is 0.0769. The van der Waals surface area contributed by atoms with E-state index in [0.717, 1.165) is 0 Å². The maximum absolute atomic E-state index is 13.0. The fourth-order valence-electron chi connectivity index (χ4n) is 1.62. The highest BCUT2D eigenvalue weighted by molar-refractivity contribution is 14.1. The second-order valence-electron chi connectivity index (χ2n) is 4.14. The molecule has 4 nitrogen and oxygen atoms in total. The molecular weight excluding hydrogens is 432 g/mol. The Morgan fingerprint density at radius 2 is 1.95 bits per heavy atom. The molecule has 0 spiro atoms. The Bertz CT molecular complexity index is 783. The molecule has 0 saturated carbocycles. The monoisotopic (exact) mass is 441 g/mol. The maximum atomic E-state index is 13.0. The number of sulfonamides is 1. The van der Waals surface area contributed by atoms with Crippen LogP contribution in [-0.2, 0) is 16.6 Å². The summed E-state index contributed by atoms with van der Waals surface area (Å²) in [5.41, 5.74) is 0.589. The highest BCUT2D eigenvalue weighted by Gasteiger charge is 2.17. The molecule has 0 bridgehead atoms. The Kier molecular flexibility index (Phi) is 5.07. The van der Waals surface area contributed by atoms with Crippen LogP contribution in [0, 0.1) is 9.39 Å². The van der Waals surface area contributed by atoms with Crippen LogP contribution < -0.4 is 4.72 Å². The summed E-state index contributed by atoms with van der Waals surface area (Å²) in [5.74, 6) is -0.448. The first-order valence-electron chi connectivity index (χ1n) is 5.70. The van der Waals surface area contributed by atoms with E-state index in [0.29, 0.717) is 9.13 Å². The third-order valence-corrected chi connectivity index (χ3v) is 5.30. The molecule has 0 aliphatic heterocycles. The van der Waals surface area contributed by atoms with Gasteiger partial charge in [0.1, 0.15) is 5.82 Å². The third-order valence-electron chi connectivity index (χ3n) is 2.67. The number of halogens is 3. The van der Waals surface area contributed by atoms with Crippen LogP contribution in [0.15, 0.2) is 41.3 Å². The molecule has 8 heteroatoms. The van der Waals surface area contributed by atoms with E-state index >= 15 is 0 Å². The van der Waals surface area contributed by atoms with E-state index in [9.17, 15) is 12.8 Å². The summed E-state index contributed by atoms with van der Waals surface area (Å²) < 4.78 is 40.4. The van der Waals surface area contributed by atoms with Crippen molar-refractivity contribution >= 4 is 49.9 Å². The van der Waals surface area contributed by atoms with Crippen LogP contribution in [0.2, 0.25) is 5.02 Å². The molecule has 0 atom stereocenters. The highest BCUT2D eigenvalue weighted by atomic mass is 127. The van der Waals surface area contributed by atoms with E-state index in [-0.39, 0.29) is 22.2 Å². The van der Waals surface area contributed by atoms with Crippen LogP contribution in [0.1, 0.15) is 5.56 Å². The summed E-state index contributed by atoms with van der Waals surface area (Å²) >= 11 is 7.67. The largest absolute Gasteiger partial charge is 0.392 e. The van der Waals surface area contributed by atoms with E-state index < -0.39 is 15.8 Å². The molecular formula is C13H10ClFINO3S. The normalized spacial score (nSPS) is 11.4. The van der Waals surface area contributed by atoms with Crippen molar-refractivity contribution in [1.29, 1.82) is 0 Å². The number of hydrogen-bond donors (Lipinski definition) is 2. The van der Waals surface area contributed by atoms with E-state index in [1.165, 1.54) is 36.4 Å². The van der Waals surface area contributed by atoms with Crippen LogP contribution in [0.4, 0.5) is 10.1 Å². The molecule has 0 radical (unpaired) electrons. The van der Waals surface area contributed by atoms with Crippen molar-refractivity contribution in [3.8, 4) is 0 Å². The Labute approximate surface area is 140 Å². The molecule has 0 heterocycles. The Morgan fingerprint density at radius 3 is 2.57 bits per heavy atom. The zero-order chi connectivity index (χ0) is 15.6. The van der Waals surface area contributed by atoms with Crippen LogP contribution in [0.25, 0.3) is 0 Å². The van der Waals surface area contributed by atoms with Gasteiger partial charge in [0, 0.05) is 8.59 Å². The molecule has 0 saturated heterocycles. The second-order valence-corrected chi connectivity index (χ2v) is 7.39. The van der Waals surface area contributed by atoms with Crippen molar-refractivity contribution in [3.05, 3.63) is 56.4 Å². The molecule has 2 aromatic carbocycles. The standard InChI is InChI=1S/C13H10ClFINO3S/c14-11-3-2-10(5-8(11)7-18)21(19,20)17-13-4-1-9(15)6-12(13)16/h1-6,17-18H,7H2. The van der Waals surface area contributed by atoms with E-state index in [2.05, 4.69) is 4.72 Å². The van der Waals surface area contributed by atoms with Gasteiger partial charge in [0.05, 0.1) is 17.2 Å². The summed E-state index contributed by atoms with van der Waals surface area (Å²) in [6, 6.07) is 7.76. The lowest BCUT2D eigenvalue weighted by atomic mass is 10.2. The smallest absolute Gasteiger partial charge is 0.261 e. The molecule has 0 unspecified atom stereocenters. The van der Waals surface area contributed by atoms with Gasteiger partial charge in [-0.05, 0) is 64.6 Å². The number of rotatable bonds is 4. The Hall–Kier alpha value is -0.900. The molecule has 21 heavy (non-hydrogen) atoms.